The van der Waals surface area contributed by atoms with Gasteiger partial charge in [0, 0.05) is 19.8 Å². The van der Waals surface area contributed by atoms with Crippen molar-refractivity contribution in [3.8, 4) is 11.6 Å². The Hall–Kier alpha value is -3.79. The van der Waals surface area contributed by atoms with Crippen LogP contribution < -0.4 is 21.3 Å². The highest BCUT2D eigenvalue weighted by atomic mass is 32.2. The summed E-state index contributed by atoms with van der Waals surface area (Å²) in [5.74, 6) is -0.232. The quantitative estimate of drug-likeness (QED) is 0.371. The van der Waals surface area contributed by atoms with Gasteiger partial charge < -0.3 is 15.2 Å². The maximum absolute atomic E-state index is 13.0. The summed E-state index contributed by atoms with van der Waals surface area (Å²) in [6, 6.07) is 10.8. The molecule has 0 aliphatic carbocycles. The lowest BCUT2D eigenvalue weighted by atomic mass is 10.1. The Bertz CT molecular complexity index is 1420. The summed E-state index contributed by atoms with van der Waals surface area (Å²) >= 11 is 0.996. The number of aliphatic imine (C=N–C) groups is 1. The Balaban J connectivity index is 1.98. The molecule has 1 heterocycles. The van der Waals surface area contributed by atoms with E-state index in [-0.39, 0.29) is 22.3 Å². The lowest BCUT2D eigenvalue weighted by Gasteiger charge is -2.14. The Morgan fingerprint density at radius 3 is 2.25 bits per heavy atom. The van der Waals surface area contributed by atoms with E-state index >= 15 is 0 Å². The van der Waals surface area contributed by atoms with Gasteiger partial charge in [0.25, 0.3) is 5.56 Å². The standard InChI is InChI=1S/C26H30N4O5S/c1-7-35-19-10-8-18(9-11-19)27-23(21-24(32)29(5)26(34)30(6)25(21)33)36-14-20(31)28-22-16(3)12-15(2)13-17(22)4/h8-13,32H,7,14H2,1-6H3,(H,28,31). The van der Waals surface area contributed by atoms with Crippen molar-refractivity contribution in [3.05, 3.63) is 79.5 Å². The number of anilines is 1. The van der Waals surface area contributed by atoms with Gasteiger partial charge in [0.05, 0.1) is 18.0 Å². The lowest BCUT2D eigenvalue weighted by Crippen LogP contribution is -2.39. The summed E-state index contributed by atoms with van der Waals surface area (Å²) in [7, 11) is 2.68. The number of amides is 1. The first-order valence-electron chi connectivity index (χ1n) is 11.3. The van der Waals surface area contributed by atoms with Crippen LogP contribution in [0, 0.1) is 20.8 Å². The highest BCUT2D eigenvalue weighted by Crippen LogP contribution is 2.26. The molecule has 0 atom stereocenters. The number of ether oxygens (including phenoxy) is 1. The van der Waals surface area contributed by atoms with Crippen LogP contribution in [0.1, 0.15) is 29.2 Å². The molecule has 0 saturated heterocycles. The van der Waals surface area contributed by atoms with Crippen LogP contribution in [0.4, 0.5) is 11.4 Å². The number of carbonyl (C=O) groups excluding carboxylic acids is 1. The van der Waals surface area contributed by atoms with Crippen molar-refractivity contribution in [2.75, 3.05) is 17.7 Å². The maximum atomic E-state index is 13.0. The largest absolute Gasteiger partial charge is 0.494 e. The van der Waals surface area contributed by atoms with E-state index in [1.165, 1.54) is 14.1 Å². The number of benzene rings is 2. The molecular formula is C26H30N4O5S. The summed E-state index contributed by atoms with van der Waals surface area (Å²) in [6.45, 7) is 8.23. The topological polar surface area (TPSA) is 115 Å². The van der Waals surface area contributed by atoms with Crippen LogP contribution in [0.3, 0.4) is 0 Å². The van der Waals surface area contributed by atoms with Gasteiger partial charge in [-0.1, -0.05) is 29.5 Å². The number of nitrogens with one attached hydrogen (secondary N) is 1. The van der Waals surface area contributed by atoms with E-state index in [1.807, 2.05) is 39.8 Å². The summed E-state index contributed by atoms with van der Waals surface area (Å²) in [4.78, 5) is 42.6. The van der Waals surface area contributed by atoms with E-state index in [2.05, 4.69) is 10.3 Å². The molecule has 0 radical (unpaired) electrons. The summed E-state index contributed by atoms with van der Waals surface area (Å²) < 4.78 is 7.31. The normalized spacial score (nSPS) is 11.4. The number of hydrogen-bond acceptors (Lipinski definition) is 7. The monoisotopic (exact) mass is 510 g/mol. The van der Waals surface area contributed by atoms with Crippen LogP contribution in [-0.2, 0) is 18.9 Å². The minimum Gasteiger partial charge on any atom is -0.494 e. The van der Waals surface area contributed by atoms with Crippen molar-refractivity contribution in [3.63, 3.8) is 0 Å². The molecule has 1 amide bonds. The summed E-state index contributed by atoms with van der Waals surface area (Å²) in [6.07, 6.45) is 0. The molecule has 0 fully saturated rings. The fourth-order valence-electron chi connectivity index (χ4n) is 3.77. The number of nitrogens with zero attached hydrogens (tertiary/aromatic N) is 3. The Labute approximate surface area is 213 Å². The van der Waals surface area contributed by atoms with Crippen molar-refractivity contribution >= 4 is 34.1 Å². The van der Waals surface area contributed by atoms with E-state index in [9.17, 15) is 19.5 Å². The number of aryl methyl sites for hydroxylation is 3. The molecule has 0 unspecified atom stereocenters. The van der Waals surface area contributed by atoms with Crippen LogP contribution in [0.5, 0.6) is 11.6 Å². The third-order valence-electron chi connectivity index (χ3n) is 5.51. The minimum absolute atomic E-state index is 0.0753. The fourth-order valence-corrected chi connectivity index (χ4v) is 4.60. The summed E-state index contributed by atoms with van der Waals surface area (Å²) in [5, 5.41) is 13.7. The Morgan fingerprint density at radius 2 is 1.67 bits per heavy atom. The molecule has 9 nitrogen and oxygen atoms in total. The van der Waals surface area contributed by atoms with Gasteiger partial charge in [-0.05, 0) is 63.1 Å². The Kier molecular flexibility index (Phi) is 8.41. The van der Waals surface area contributed by atoms with E-state index in [4.69, 9.17) is 4.74 Å². The van der Waals surface area contributed by atoms with Crippen molar-refractivity contribution in [2.24, 2.45) is 19.1 Å². The first kappa shape index (κ1) is 26.8. The van der Waals surface area contributed by atoms with E-state index in [0.29, 0.717) is 18.0 Å². The lowest BCUT2D eigenvalue weighted by molar-refractivity contribution is -0.113. The van der Waals surface area contributed by atoms with Crippen LogP contribution in [0.2, 0.25) is 0 Å². The van der Waals surface area contributed by atoms with Gasteiger partial charge >= 0.3 is 5.69 Å². The molecule has 2 N–H and O–H groups in total. The smallest absolute Gasteiger partial charge is 0.333 e. The van der Waals surface area contributed by atoms with Gasteiger partial charge in [0.2, 0.25) is 11.8 Å². The molecule has 10 heteroatoms. The molecule has 2 aromatic carbocycles. The highest BCUT2D eigenvalue weighted by molar-refractivity contribution is 8.15. The van der Waals surface area contributed by atoms with Crippen molar-refractivity contribution in [1.29, 1.82) is 0 Å². The third kappa shape index (κ3) is 5.88. The molecule has 190 valence electrons. The van der Waals surface area contributed by atoms with Crippen LogP contribution >= 0.6 is 11.8 Å². The van der Waals surface area contributed by atoms with Gasteiger partial charge in [0.15, 0.2) is 0 Å². The molecule has 3 rings (SSSR count). The average molecular weight is 511 g/mol. The highest BCUT2D eigenvalue weighted by Gasteiger charge is 2.22. The molecule has 3 aromatic rings. The number of aromatic hydroxyl groups is 1. The van der Waals surface area contributed by atoms with Crippen molar-refractivity contribution in [1.82, 2.24) is 9.13 Å². The predicted octanol–water partition coefficient (Wildman–Crippen LogP) is 3.56. The molecule has 0 aliphatic heterocycles. The number of thioether (sulfide) groups is 1. The molecule has 0 saturated carbocycles. The van der Waals surface area contributed by atoms with Gasteiger partial charge in [-0.25, -0.2) is 9.79 Å². The van der Waals surface area contributed by atoms with Crippen LogP contribution in [-0.4, -0.2) is 37.6 Å². The zero-order valence-electron chi connectivity index (χ0n) is 21.2. The number of carbonyl (C=O) groups is 1. The SMILES string of the molecule is CCOc1ccc(N=C(SCC(=O)Nc2c(C)cc(C)cc2C)c2c(O)n(C)c(=O)n(C)c2=O)cc1. The van der Waals surface area contributed by atoms with E-state index in [1.54, 1.807) is 24.3 Å². The Morgan fingerprint density at radius 1 is 1.06 bits per heavy atom. The molecular weight excluding hydrogens is 480 g/mol. The summed E-state index contributed by atoms with van der Waals surface area (Å²) in [5.41, 5.74) is 2.67. The second kappa shape index (κ2) is 11.3. The third-order valence-corrected chi connectivity index (χ3v) is 6.48. The second-order valence-corrected chi connectivity index (χ2v) is 9.32. The zero-order valence-corrected chi connectivity index (χ0v) is 22.0. The molecule has 0 spiro atoms. The number of hydrogen-bond donors (Lipinski definition) is 2. The first-order valence-corrected chi connectivity index (χ1v) is 12.3. The van der Waals surface area contributed by atoms with Gasteiger partial charge in [0.1, 0.15) is 16.4 Å². The average Bonchev–Trinajstić information content (AvgIpc) is 2.83. The molecule has 0 bridgehead atoms. The number of aromatic nitrogens is 2. The molecule has 1 aromatic heterocycles. The van der Waals surface area contributed by atoms with Gasteiger partial charge in [-0.3, -0.25) is 18.7 Å². The number of rotatable bonds is 7. The maximum Gasteiger partial charge on any atom is 0.333 e. The minimum atomic E-state index is -0.710. The van der Waals surface area contributed by atoms with E-state index < -0.39 is 17.1 Å². The van der Waals surface area contributed by atoms with Crippen molar-refractivity contribution < 1.29 is 14.6 Å². The second-order valence-electron chi connectivity index (χ2n) is 8.36. The van der Waals surface area contributed by atoms with Crippen LogP contribution in [0.25, 0.3) is 0 Å². The molecule has 36 heavy (non-hydrogen) atoms. The predicted molar refractivity (Wildman–Crippen MR) is 144 cm³/mol. The first-order chi connectivity index (χ1) is 17.0. The van der Waals surface area contributed by atoms with Crippen molar-refractivity contribution in [2.45, 2.75) is 27.7 Å². The van der Waals surface area contributed by atoms with Crippen LogP contribution in [0.15, 0.2) is 51.0 Å². The van der Waals surface area contributed by atoms with E-state index in [0.717, 1.165) is 43.3 Å². The van der Waals surface area contributed by atoms with Gasteiger partial charge in [-0.15, -0.1) is 0 Å². The molecule has 0 aliphatic rings. The zero-order chi connectivity index (χ0) is 26.6. The fraction of sp³-hybridized carbons (Fsp3) is 0.308. The van der Waals surface area contributed by atoms with Gasteiger partial charge in [-0.2, -0.15) is 0 Å².